The third-order valence-electron chi connectivity index (χ3n) is 5.72. The van der Waals surface area contributed by atoms with Crippen LogP contribution in [0.5, 0.6) is 0 Å². The van der Waals surface area contributed by atoms with Gasteiger partial charge in [0.25, 0.3) is 0 Å². The van der Waals surface area contributed by atoms with Crippen LogP contribution >= 0.6 is 0 Å². The molecule has 2 atom stereocenters. The summed E-state index contributed by atoms with van der Waals surface area (Å²) >= 11 is 0. The average molecular weight is 350 g/mol. The molecule has 3 aromatic carbocycles. The Labute approximate surface area is 161 Å². The lowest BCUT2D eigenvalue weighted by molar-refractivity contribution is -0.127. The quantitative estimate of drug-likeness (QED) is 0.590. The van der Waals surface area contributed by atoms with Gasteiger partial charge < -0.3 is 0 Å². The summed E-state index contributed by atoms with van der Waals surface area (Å²) in [4.78, 5) is 12.3. The topological polar surface area (TPSA) is 17.1 Å². The van der Waals surface area contributed by atoms with Crippen molar-refractivity contribution in [1.82, 2.24) is 0 Å². The molecule has 0 radical (unpaired) electrons. The monoisotopic (exact) mass is 350 g/mol. The van der Waals surface area contributed by atoms with Crippen molar-refractivity contribution >= 4 is 5.78 Å². The van der Waals surface area contributed by atoms with Crippen LogP contribution in [0.4, 0.5) is 0 Å². The molecule has 0 aliphatic heterocycles. The summed E-state index contributed by atoms with van der Waals surface area (Å²) in [6.45, 7) is 1.70. The van der Waals surface area contributed by atoms with Gasteiger partial charge in [-0.15, -0.1) is 0 Å². The zero-order chi connectivity index (χ0) is 18.7. The van der Waals surface area contributed by atoms with Crippen LogP contribution in [0, 0.1) is 23.7 Å². The maximum absolute atomic E-state index is 12.3. The number of carbonyl (C=O) groups excluding carboxylic acids is 1. The molecule has 0 bridgehead atoms. The summed E-state index contributed by atoms with van der Waals surface area (Å²) in [7, 11) is 0. The predicted octanol–water partition coefficient (Wildman–Crippen LogP) is 5.25. The lowest BCUT2D eigenvalue weighted by Gasteiger charge is -2.53. The van der Waals surface area contributed by atoms with Gasteiger partial charge in [0.1, 0.15) is 5.78 Å². The van der Waals surface area contributed by atoms with Crippen LogP contribution in [0.3, 0.4) is 0 Å². The molecule has 1 saturated carbocycles. The molecule has 1 heteroatoms. The summed E-state index contributed by atoms with van der Waals surface area (Å²) in [5, 5.41) is 0. The minimum atomic E-state index is -0.235. The highest BCUT2D eigenvalue weighted by atomic mass is 16.1. The minimum absolute atomic E-state index is 0.0263. The average Bonchev–Trinajstić information content (AvgIpc) is 2.70. The third-order valence-corrected chi connectivity index (χ3v) is 5.72. The van der Waals surface area contributed by atoms with E-state index in [1.165, 1.54) is 11.1 Å². The molecule has 4 rings (SSSR count). The number of ketones is 1. The molecule has 1 aliphatic rings. The van der Waals surface area contributed by atoms with Crippen LogP contribution in [0.2, 0.25) is 0 Å². The van der Waals surface area contributed by atoms with E-state index in [0.717, 1.165) is 12.0 Å². The van der Waals surface area contributed by atoms with Crippen LogP contribution in [0.15, 0.2) is 91.0 Å². The number of hydrogen-bond donors (Lipinski definition) is 0. The fourth-order valence-corrected chi connectivity index (χ4v) is 4.29. The van der Waals surface area contributed by atoms with E-state index in [1.807, 2.05) is 42.5 Å². The zero-order valence-electron chi connectivity index (χ0n) is 15.4. The second-order valence-corrected chi connectivity index (χ2v) is 7.24. The van der Waals surface area contributed by atoms with Gasteiger partial charge in [0.05, 0.1) is 0 Å². The van der Waals surface area contributed by atoms with Crippen LogP contribution < -0.4 is 0 Å². The third kappa shape index (κ3) is 3.09. The van der Waals surface area contributed by atoms with Gasteiger partial charge in [0.2, 0.25) is 0 Å². The number of hydrogen-bond acceptors (Lipinski definition) is 1. The molecule has 1 aliphatic carbocycles. The van der Waals surface area contributed by atoms with E-state index in [9.17, 15) is 4.79 Å². The Kier molecular flexibility index (Phi) is 4.65. The molecule has 27 heavy (non-hydrogen) atoms. The Morgan fingerprint density at radius 3 is 1.78 bits per heavy atom. The van der Waals surface area contributed by atoms with E-state index in [1.54, 1.807) is 6.92 Å². The molecule has 0 heterocycles. The first-order valence-corrected chi connectivity index (χ1v) is 9.40. The van der Waals surface area contributed by atoms with Crippen molar-refractivity contribution in [3.8, 4) is 11.8 Å². The standard InChI is InChI=1S/C26H22O/c1-20(27)24-19-26(22-13-7-3-8-14-22,23-15-9-4-10-16-23)25(24)18-17-21-11-5-2-6-12-21/h2-16,24-25H,19H2,1H3. The number of Topliss-reactive ketones (excluding diaryl/α,β-unsaturated/α-hetero) is 1. The van der Waals surface area contributed by atoms with E-state index < -0.39 is 0 Å². The molecular formula is C26H22O. The summed E-state index contributed by atoms with van der Waals surface area (Å²) < 4.78 is 0. The van der Waals surface area contributed by atoms with Crippen molar-refractivity contribution in [1.29, 1.82) is 0 Å². The molecule has 0 saturated heterocycles. The molecule has 0 spiro atoms. The van der Waals surface area contributed by atoms with E-state index in [0.29, 0.717) is 0 Å². The SMILES string of the molecule is CC(=O)C1CC(c2ccccc2)(c2ccccc2)C1C#Cc1ccccc1. The van der Waals surface area contributed by atoms with Crippen molar-refractivity contribution in [3.05, 3.63) is 108 Å². The normalized spacial score (nSPS) is 20.0. The molecule has 132 valence electrons. The molecule has 2 unspecified atom stereocenters. The maximum atomic E-state index is 12.3. The van der Waals surface area contributed by atoms with Crippen molar-refractivity contribution in [2.45, 2.75) is 18.8 Å². The first-order chi connectivity index (χ1) is 13.2. The van der Waals surface area contributed by atoms with E-state index in [-0.39, 0.29) is 23.0 Å². The summed E-state index contributed by atoms with van der Waals surface area (Å²) in [6, 6.07) is 31.0. The first kappa shape index (κ1) is 17.3. The van der Waals surface area contributed by atoms with Crippen LogP contribution in [0.1, 0.15) is 30.0 Å². The first-order valence-electron chi connectivity index (χ1n) is 9.40. The lowest BCUT2D eigenvalue weighted by Crippen LogP contribution is -2.54. The van der Waals surface area contributed by atoms with Crippen molar-refractivity contribution in [2.75, 3.05) is 0 Å². The van der Waals surface area contributed by atoms with Crippen molar-refractivity contribution in [2.24, 2.45) is 11.8 Å². The van der Waals surface area contributed by atoms with Gasteiger partial charge in [-0.05, 0) is 36.6 Å². The highest BCUT2D eigenvalue weighted by molar-refractivity contribution is 5.82. The predicted molar refractivity (Wildman–Crippen MR) is 109 cm³/mol. The Morgan fingerprint density at radius 1 is 0.815 bits per heavy atom. The number of carbonyl (C=O) groups is 1. The summed E-state index contributed by atoms with van der Waals surface area (Å²) in [5.74, 6) is 6.98. The highest BCUT2D eigenvalue weighted by Gasteiger charge is 2.56. The van der Waals surface area contributed by atoms with Gasteiger partial charge in [-0.2, -0.15) is 0 Å². The Morgan fingerprint density at radius 2 is 1.30 bits per heavy atom. The fraction of sp³-hybridized carbons (Fsp3) is 0.192. The fourth-order valence-electron chi connectivity index (χ4n) is 4.29. The van der Waals surface area contributed by atoms with Gasteiger partial charge in [-0.3, -0.25) is 4.79 Å². The van der Waals surface area contributed by atoms with Gasteiger partial charge in [0, 0.05) is 22.8 Å². The second-order valence-electron chi connectivity index (χ2n) is 7.24. The van der Waals surface area contributed by atoms with E-state index in [4.69, 9.17) is 0 Å². The molecular weight excluding hydrogens is 328 g/mol. The molecule has 1 nitrogen and oxygen atoms in total. The minimum Gasteiger partial charge on any atom is -0.300 e. The smallest absolute Gasteiger partial charge is 0.134 e. The Balaban J connectivity index is 1.85. The highest BCUT2D eigenvalue weighted by Crippen LogP contribution is 2.56. The molecule has 0 amide bonds. The van der Waals surface area contributed by atoms with Gasteiger partial charge in [0.15, 0.2) is 0 Å². The molecule has 1 fully saturated rings. The Bertz CT molecular complexity index is 938. The molecule has 0 aromatic heterocycles. The van der Waals surface area contributed by atoms with Crippen LogP contribution in [-0.2, 0) is 10.2 Å². The molecule has 0 N–H and O–H groups in total. The summed E-state index contributed by atoms with van der Waals surface area (Å²) in [5.41, 5.74) is 3.23. The van der Waals surface area contributed by atoms with Gasteiger partial charge in [-0.1, -0.05) is 90.7 Å². The zero-order valence-corrected chi connectivity index (χ0v) is 15.4. The summed E-state index contributed by atoms with van der Waals surface area (Å²) in [6.07, 6.45) is 0.810. The van der Waals surface area contributed by atoms with Crippen LogP contribution in [0.25, 0.3) is 0 Å². The van der Waals surface area contributed by atoms with Gasteiger partial charge in [-0.25, -0.2) is 0 Å². The van der Waals surface area contributed by atoms with Crippen molar-refractivity contribution < 1.29 is 4.79 Å². The van der Waals surface area contributed by atoms with E-state index in [2.05, 4.69) is 60.4 Å². The lowest BCUT2D eigenvalue weighted by atomic mass is 9.48. The number of benzene rings is 3. The van der Waals surface area contributed by atoms with Crippen molar-refractivity contribution in [3.63, 3.8) is 0 Å². The van der Waals surface area contributed by atoms with Gasteiger partial charge >= 0.3 is 0 Å². The number of rotatable bonds is 3. The second kappa shape index (κ2) is 7.25. The largest absolute Gasteiger partial charge is 0.300 e. The van der Waals surface area contributed by atoms with Crippen LogP contribution in [-0.4, -0.2) is 5.78 Å². The molecule has 3 aromatic rings. The Hall–Kier alpha value is -3.11. The maximum Gasteiger partial charge on any atom is 0.134 e. The van der Waals surface area contributed by atoms with E-state index >= 15 is 0 Å².